The SMILES string of the molecule is CC(=O)N1C(=O)[C@H](Cc2cn(C(=O)OC(C)(C)C)c3ccccc23)N(C)C(=O)C1C(O)c1ccc([N+](=O)[O-])cc1. The predicted molar refractivity (Wildman–Crippen MR) is 143 cm³/mol. The summed E-state index contributed by atoms with van der Waals surface area (Å²) in [4.78, 5) is 65.1. The lowest BCUT2D eigenvalue weighted by Gasteiger charge is -2.43. The van der Waals surface area contributed by atoms with Crippen molar-refractivity contribution in [1.82, 2.24) is 14.4 Å². The number of benzene rings is 2. The largest absolute Gasteiger partial charge is 0.443 e. The van der Waals surface area contributed by atoms with Gasteiger partial charge in [-0.1, -0.05) is 18.2 Å². The number of nitrogens with zero attached hydrogens (tertiary/aromatic N) is 4. The first-order valence-electron chi connectivity index (χ1n) is 12.6. The molecule has 1 fully saturated rings. The quantitative estimate of drug-likeness (QED) is 0.376. The van der Waals surface area contributed by atoms with Crippen LogP contribution in [0.2, 0.25) is 0 Å². The number of non-ortho nitro benzene ring substituents is 1. The van der Waals surface area contributed by atoms with Crippen molar-refractivity contribution in [2.24, 2.45) is 0 Å². The minimum Gasteiger partial charge on any atom is -0.443 e. The van der Waals surface area contributed by atoms with Crippen molar-refractivity contribution in [2.75, 3.05) is 7.05 Å². The lowest BCUT2D eigenvalue weighted by Crippen LogP contribution is -2.66. The molecule has 2 heterocycles. The number of aromatic nitrogens is 1. The summed E-state index contributed by atoms with van der Waals surface area (Å²) in [5.74, 6) is -2.12. The second-order valence-corrected chi connectivity index (χ2v) is 10.7. The monoisotopic (exact) mass is 550 g/mol. The number of aliphatic hydroxyl groups excluding tert-OH is 1. The smallest absolute Gasteiger partial charge is 0.419 e. The molecule has 1 aromatic heterocycles. The van der Waals surface area contributed by atoms with E-state index in [1.807, 2.05) is 0 Å². The molecule has 0 aliphatic carbocycles. The molecule has 1 aliphatic rings. The molecule has 3 atom stereocenters. The summed E-state index contributed by atoms with van der Waals surface area (Å²) in [7, 11) is 1.41. The Hall–Kier alpha value is -4.58. The Balaban J connectivity index is 1.68. The van der Waals surface area contributed by atoms with Gasteiger partial charge in [0.15, 0.2) is 0 Å². The van der Waals surface area contributed by atoms with Crippen molar-refractivity contribution in [3.05, 3.63) is 76.0 Å². The van der Waals surface area contributed by atoms with Crippen LogP contribution >= 0.6 is 0 Å². The van der Waals surface area contributed by atoms with E-state index in [2.05, 4.69) is 0 Å². The van der Waals surface area contributed by atoms with E-state index in [1.54, 1.807) is 51.2 Å². The zero-order valence-electron chi connectivity index (χ0n) is 22.7. The molecule has 2 aromatic carbocycles. The molecule has 40 heavy (non-hydrogen) atoms. The third-order valence-corrected chi connectivity index (χ3v) is 6.75. The number of aliphatic hydroxyl groups is 1. The van der Waals surface area contributed by atoms with Crippen LogP contribution in [-0.2, 0) is 25.5 Å². The van der Waals surface area contributed by atoms with Gasteiger partial charge >= 0.3 is 6.09 Å². The third-order valence-electron chi connectivity index (χ3n) is 6.75. The number of amides is 3. The second kappa shape index (κ2) is 10.5. The minimum atomic E-state index is -1.61. The highest BCUT2D eigenvalue weighted by atomic mass is 16.6. The van der Waals surface area contributed by atoms with Gasteiger partial charge in [0.05, 0.1) is 10.4 Å². The molecule has 12 nitrogen and oxygen atoms in total. The highest BCUT2D eigenvalue weighted by Crippen LogP contribution is 2.32. The van der Waals surface area contributed by atoms with Gasteiger partial charge in [-0.2, -0.15) is 0 Å². The van der Waals surface area contributed by atoms with Crippen LogP contribution in [0.5, 0.6) is 0 Å². The third kappa shape index (κ3) is 5.30. The molecule has 210 valence electrons. The van der Waals surface area contributed by atoms with E-state index in [0.29, 0.717) is 16.5 Å². The fourth-order valence-electron chi connectivity index (χ4n) is 4.85. The molecule has 12 heteroatoms. The van der Waals surface area contributed by atoms with Gasteiger partial charge in [0.1, 0.15) is 23.8 Å². The van der Waals surface area contributed by atoms with Gasteiger partial charge in [0.25, 0.3) is 11.6 Å². The molecule has 1 aliphatic heterocycles. The number of nitro groups is 1. The van der Waals surface area contributed by atoms with Gasteiger partial charge in [-0.3, -0.25) is 34.0 Å². The topological polar surface area (TPSA) is 152 Å². The fraction of sp³-hybridized carbons (Fsp3) is 0.357. The van der Waals surface area contributed by atoms with E-state index >= 15 is 0 Å². The van der Waals surface area contributed by atoms with Crippen LogP contribution in [0.3, 0.4) is 0 Å². The maximum absolute atomic E-state index is 13.7. The number of carbonyl (C=O) groups excluding carboxylic acids is 4. The number of nitro benzene ring substituents is 1. The van der Waals surface area contributed by atoms with Gasteiger partial charge in [-0.15, -0.1) is 0 Å². The predicted octanol–water partition coefficient (Wildman–Crippen LogP) is 3.19. The highest BCUT2D eigenvalue weighted by molar-refractivity contribution is 6.06. The molecular formula is C28H30N4O8. The molecule has 3 amide bonds. The first-order chi connectivity index (χ1) is 18.7. The molecule has 1 saturated heterocycles. The summed E-state index contributed by atoms with van der Waals surface area (Å²) < 4.78 is 6.86. The van der Waals surface area contributed by atoms with E-state index in [0.717, 1.165) is 11.8 Å². The average molecular weight is 551 g/mol. The average Bonchev–Trinajstić information content (AvgIpc) is 3.25. The molecule has 0 radical (unpaired) electrons. The van der Waals surface area contributed by atoms with Crippen molar-refractivity contribution in [2.45, 2.75) is 57.9 Å². The fourth-order valence-corrected chi connectivity index (χ4v) is 4.85. The van der Waals surface area contributed by atoms with Crippen LogP contribution in [0, 0.1) is 10.1 Å². The summed E-state index contributed by atoms with van der Waals surface area (Å²) in [6.07, 6.45) is -0.675. The van der Waals surface area contributed by atoms with Crippen LogP contribution in [0.1, 0.15) is 44.9 Å². The molecular weight excluding hydrogens is 520 g/mol. The Morgan fingerprint density at radius 1 is 1.07 bits per heavy atom. The number of hydrogen-bond acceptors (Lipinski definition) is 8. The number of para-hydroxylation sites is 1. The maximum atomic E-state index is 13.7. The molecule has 1 N–H and O–H groups in total. The highest BCUT2D eigenvalue weighted by Gasteiger charge is 2.49. The number of piperazine rings is 1. The Bertz CT molecular complexity index is 1500. The molecule has 2 unspecified atom stereocenters. The minimum absolute atomic E-state index is 0.0124. The number of ether oxygens (including phenoxy) is 1. The van der Waals surface area contributed by atoms with Crippen molar-refractivity contribution in [3.8, 4) is 0 Å². The van der Waals surface area contributed by atoms with Gasteiger partial charge in [0, 0.05) is 44.1 Å². The van der Waals surface area contributed by atoms with Gasteiger partial charge in [-0.05, 0) is 50.1 Å². The van der Waals surface area contributed by atoms with Crippen molar-refractivity contribution in [1.29, 1.82) is 0 Å². The molecule has 4 rings (SSSR count). The first kappa shape index (κ1) is 28.4. The summed E-state index contributed by atoms with van der Waals surface area (Å²) in [6, 6.07) is 9.27. The van der Waals surface area contributed by atoms with E-state index in [1.165, 1.54) is 40.8 Å². The molecule has 0 saturated carbocycles. The van der Waals surface area contributed by atoms with Gasteiger partial charge in [0.2, 0.25) is 11.8 Å². The van der Waals surface area contributed by atoms with E-state index < -0.39 is 52.5 Å². The number of hydrogen-bond donors (Lipinski definition) is 1. The number of likely N-dealkylation sites (N-methyl/N-ethyl adjacent to an activating group) is 1. The second-order valence-electron chi connectivity index (χ2n) is 10.7. The standard InChI is InChI=1S/C28H30N4O8/c1-16(33)31-23(24(34)17-10-12-19(13-11-17)32(38)39)26(36)29(5)22(25(31)35)14-18-15-30(27(37)40-28(2,3)4)21-9-7-6-8-20(18)21/h6-13,15,22-24,34H,14H2,1-5H3/t22-,23?,24?/m0/s1. The van der Waals surface area contributed by atoms with E-state index in [-0.39, 0.29) is 17.7 Å². The molecule has 0 spiro atoms. The zero-order chi connectivity index (χ0) is 29.5. The number of imide groups is 1. The summed E-state index contributed by atoms with van der Waals surface area (Å²) >= 11 is 0. The van der Waals surface area contributed by atoms with Crippen LogP contribution in [-0.4, -0.2) is 72.9 Å². The first-order valence-corrected chi connectivity index (χ1v) is 12.6. The molecule has 0 bridgehead atoms. The van der Waals surface area contributed by atoms with Crippen LogP contribution < -0.4 is 0 Å². The Kier molecular flexibility index (Phi) is 7.48. The van der Waals surface area contributed by atoms with E-state index in [4.69, 9.17) is 4.74 Å². The lowest BCUT2D eigenvalue weighted by molar-refractivity contribution is -0.384. The van der Waals surface area contributed by atoms with Crippen molar-refractivity contribution < 1.29 is 33.9 Å². The Labute approximate surface area is 229 Å². The Morgan fingerprint density at radius 2 is 1.70 bits per heavy atom. The zero-order valence-corrected chi connectivity index (χ0v) is 22.7. The normalized spacial score (nSPS) is 18.6. The Morgan fingerprint density at radius 3 is 2.27 bits per heavy atom. The van der Waals surface area contributed by atoms with Crippen molar-refractivity contribution >= 4 is 40.4 Å². The van der Waals surface area contributed by atoms with Gasteiger partial charge < -0.3 is 14.7 Å². The van der Waals surface area contributed by atoms with Crippen molar-refractivity contribution in [3.63, 3.8) is 0 Å². The number of rotatable bonds is 5. The maximum Gasteiger partial charge on any atom is 0.419 e. The van der Waals surface area contributed by atoms with Crippen LogP contribution in [0.4, 0.5) is 10.5 Å². The molecule has 3 aromatic rings. The van der Waals surface area contributed by atoms with E-state index in [9.17, 15) is 34.4 Å². The summed E-state index contributed by atoms with van der Waals surface area (Å²) in [5, 5.41) is 22.7. The van der Waals surface area contributed by atoms with Crippen LogP contribution in [0.15, 0.2) is 54.7 Å². The number of carbonyl (C=O) groups is 4. The summed E-state index contributed by atoms with van der Waals surface area (Å²) in [6.45, 7) is 6.36. The van der Waals surface area contributed by atoms with Crippen LogP contribution in [0.25, 0.3) is 10.9 Å². The summed E-state index contributed by atoms with van der Waals surface area (Å²) in [5.41, 5.74) is 0.315. The lowest BCUT2D eigenvalue weighted by atomic mass is 9.93. The van der Waals surface area contributed by atoms with Gasteiger partial charge in [-0.25, -0.2) is 4.79 Å². The number of fused-ring (bicyclic) bond motifs is 1.